The molecular weight excluding hydrogens is 355 g/mol. The van der Waals surface area contributed by atoms with E-state index in [2.05, 4.69) is 32.7 Å². The van der Waals surface area contributed by atoms with E-state index in [1.165, 1.54) is 6.26 Å². The zero-order chi connectivity index (χ0) is 13.8. The van der Waals surface area contributed by atoms with Gasteiger partial charge in [0.05, 0.1) is 19.3 Å². The number of rotatable bonds is 4. The second-order valence-corrected chi connectivity index (χ2v) is 6.08. The number of morpholine rings is 1. The van der Waals surface area contributed by atoms with Gasteiger partial charge in [-0.25, -0.2) is 9.19 Å². The van der Waals surface area contributed by atoms with Crippen molar-refractivity contribution >= 4 is 32.8 Å². The summed E-state index contributed by atoms with van der Waals surface area (Å²) in [5.41, 5.74) is 0. The van der Waals surface area contributed by atoms with Crippen LogP contribution in [0.4, 0.5) is 5.82 Å². The predicted molar refractivity (Wildman–Crippen MR) is 80.0 cm³/mol. The molecule has 0 saturated carbocycles. The van der Waals surface area contributed by atoms with Gasteiger partial charge in [-0.1, -0.05) is 6.92 Å². The summed E-state index contributed by atoms with van der Waals surface area (Å²) in [5.74, 6) is 1.38. The maximum Gasteiger partial charge on any atom is 1.00 e. The van der Waals surface area contributed by atoms with E-state index in [9.17, 15) is 4.21 Å². The summed E-state index contributed by atoms with van der Waals surface area (Å²) in [6.45, 7) is 4.33. The number of halogens is 1. The van der Waals surface area contributed by atoms with Crippen LogP contribution in [0.1, 0.15) is 14.8 Å². The molecule has 20 heavy (non-hydrogen) atoms. The molecule has 108 valence electrons. The van der Waals surface area contributed by atoms with Crippen molar-refractivity contribution in [2.24, 2.45) is 0 Å². The van der Waals surface area contributed by atoms with Crippen LogP contribution in [0.2, 0.25) is 0 Å². The molecule has 1 aliphatic heterocycles. The molecule has 2 heterocycles. The number of anilines is 1. The zero-order valence-electron chi connectivity index (χ0n) is 13.0. The first kappa shape index (κ1) is 18.4. The Bertz CT molecular complexity index is 484. The SMILES string of the molecule is CC[C@H]1COCCN1c1cc(O[S@@](C)=O)cc(Br)n1.[H-].[Na+]. The van der Waals surface area contributed by atoms with Gasteiger partial charge < -0.3 is 15.2 Å². The van der Waals surface area contributed by atoms with Gasteiger partial charge in [0.25, 0.3) is 0 Å². The fourth-order valence-corrected chi connectivity index (χ4v) is 2.86. The Labute approximate surface area is 154 Å². The van der Waals surface area contributed by atoms with Gasteiger partial charge in [-0.3, -0.25) is 0 Å². The topological polar surface area (TPSA) is 51.7 Å². The number of hydrogen-bond acceptors (Lipinski definition) is 5. The van der Waals surface area contributed by atoms with Crippen molar-refractivity contribution in [1.29, 1.82) is 0 Å². The quantitative estimate of drug-likeness (QED) is 0.514. The van der Waals surface area contributed by atoms with E-state index in [0.717, 1.165) is 18.8 Å². The van der Waals surface area contributed by atoms with Crippen molar-refractivity contribution in [3.63, 3.8) is 0 Å². The molecule has 0 unspecified atom stereocenters. The predicted octanol–water partition coefficient (Wildman–Crippen LogP) is -0.752. The Morgan fingerprint density at radius 1 is 1.65 bits per heavy atom. The summed E-state index contributed by atoms with van der Waals surface area (Å²) in [6, 6.07) is 3.85. The minimum Gasteiger partial charge on any atom is -1.00 e. The number of ether oxygens (including phenoxy) is 1. The van der Waals surface area contributed by atoms with Crippen LogP contribution in [0.3, 0.4) is 0 Å². The third-order valence-electron chi connectivity index (χ3n) is 2.96. The van der Waals surface area contributed by atoms with Crippen LogP contribution >= 0.6 is 15.9 Å². The summed E-state index contributed by atoms with van der Waals surface area (Å²) in [5, 5.41) is 0. The van der Waals surface area contributed by atoms with Crippen molar-refractivity contribution < 1.29 is 44.1 Å². The maximum atomic E-state index is 11.2. The van der Waals surface area contributed by atoms with E-state index in [4.69, 9.17) is 8.92 Å². The summed E-state index contributed by atoms with van der Waals surface area (Å²) in [7, 11) is 0. The van der Waals surface area contributed by atoms with Crippen LogP contribution in [-0.2, 0) is 15.8 Å². The van der Waals surface area contributed by atoms with Crippen LogP contribution in [0.15, 0.2) is 16.7 Å². The molecule has 2 atom stereocenters. The molecule has 0 radical (unpaired) electrons. The van der Waals surface area contributed by atoms with Gasteiger partial charge >= 0.3 is 29.6 Å². The third-order valence-corrected chi connectivity index (χ3v) is 3.79. The van der Waals surface area contributed by atoms with Gasteiger partial charge in [0.2, 0.25) is 11.1 Å². The Kier molecular flexibility index (Phi) is 8.00. The first-order chi connectivity index (χ1) is 9.10. The summed E-state index contributed by atoms with van der Waals surface area (Å²) in [6.07, 6.45) is 2.49. The number of pyridine rings is 1. The Morgan fingerprint density at radius 2 is 2.40 bits per heavy atom. The molecule has 0 aliphatic carbocycles. The molecule has 1 aliphatic rings. The molecule has 0 aromatic carbocycles. The van der Waals surface area contributed by atoms with Crippen molar-refractivity contribution in [3.05, 3.63) is 16.7 Å². The van der Waals surface area contributed by atoms with Crippen LogP contribution in [-0.4, -0.2) is 41.2 Å². The van der Waals surface area contributed by atoms with E-state index in [0.29, 0.717) is 29.6 Å². The Morgan fingerprint density at radius 3 is 3.05 bits per heavy atom. The monoisotopic (exact) mass is 372 g/mol. The minimum atomic E-state index is -1.34. The second-order valence-electron chi connectivity index (χ2n) is 4.30. The molecule has 0 spiro atoms. The van der Waals surface area contributed by atoms with Gasteiger partial charge in [0, 0.05) is 24.9 Å². The van der Waals surface area contributed by atoms with E-state index in [-0.39, 0.29) is 31.0 Å². The van der Waals surface area contributed by atoms with Crippen LogP contribution in [0.25, 0.3) is 0 Å². The molecule has 0 bridgehead atoms. The average Bonchev–Trinajstić information content (AvgIpc) is 2.37. The summed E-state index contributed by atoms with van der Waals surface area (Å²) < 4.78 is 22.6. The standard InChI is InChI=1S/C12H17BrN2O3S.Na.H/c1-3-9-8-17-5-4-15(9)12-7-10(18-19(2)16)6-11(13)14-12;;/h6-7,9H,3-5,8H2,1-2H3;;/q;+1;-1/t9-,19-;;/m0../s1. The minimum absolute atomic E-state index is 0. The van der Waals surface area contributed by atoms with Crippen LogP contribution in [0.5, 0.6) is 5.75 Å². The zero-order valence-corrected chi connectivity index (χ0v) is 16.4. The first-order valence-electron chi connectivity index (χ1n) is 6.14. The van der Waals surface area contributed by atoms with Gasteiger partial charge in [-0.2, -0.15) is 0 Å². The number of hydrogen-bond donors (Lipinski definition) is 0. The molecule has 2 rings (SSSR count). The molecule has 1 aromatic heterocycles. The van der Waals surface area contributed by atoms with Gasteiger partial charge in [-0.15, -0.1) is 0 Å². The Balaban J connectivity index is 0.00000200. The van der Waals surface area contributed by atoms with Crippen LogP contribution < -0.4 is 38.6 Å². The molecule has 0 N–H and O–H groups in total. The number of aromatic nitrogens is 1. The largest absolute Gasteiger partial charge is 1.00 e. The molecule has 1 fully saturated rings. The normalized spacial score (nSPS) is 20.1. The summed E-state index contributed by atoms with van der Waals surface area (Å²) >= 11 is 2.02. The molecule has 1 saturated heterocycles. The third kappa shape index (κ3) is 4.96. The molecule has 1 aromatic rings. The van der Waals surface area contributed by atoms with Crippen molar-refractivity contribution in [2.45, 2.75) is 19.4 Å². The van der Waals surface area contributed by atoms with Crippen LogP contribution in [0, 0.1) is 0 Å². The maximum absolute atomic E-state index is 11.2. The van der Waals surface area contributed by atoms with Gasteiger partial charge in [0.1, 0.15) is 16.2 Å². The summed E-state index contributed by atoms with van der Waals surface area (Å²) in [4.78, 5) is 6.68. The van der Waals surface area contributed by atoms with E-state index < -0.39 is 11.1 Å². The van der Waals surface area contributed by atoms with E-state index in [1.54, 1.807) is 6.07 Å². The average molecular weight is 373 g/mol. The molecule has 8 heteroatoms. The van der Waals surface area contributed by atoms with Crippen molar-refractivity contribution in [2.75, 3.05) is 30.9 Å². The van der Waals surface area contributed by atoms with E-state index in [1.807, 2.05) is 6.07 Å². The van der Waals surface area contributed by atoms with Gasteiger partial charge in [0.15, 0.2) is 0 Å². The Hall–Kier alpha value is 0.340. The smallest absolute Gasteiger partial charge is 1.00 e. The molecule has 5 nitrogen and oxygen atoms in total. The fraction of sp³-hybridized carbons (Fsp3) is 0.583. The number of nitrogens with zero attached hydrogens (tertiary/aromatic N) is 2. The van der Waals surface area contributed by atoms with Gasteiger partial charge in [-0.05, 0) is 22.4 Å². The molecule has 0 amide bonds. The van der Waals surface area contributed by atoms with Crippen molar-refractivity contribution in [1.82, 2.24) is 4.98 Å². The molecular formula is C12H18BrN2NaO3S. The van der Waals surface area contributed by atoms with E-state index >= 15 is 0 Å². The van der Waals surface area contributed by atoms with Crippen molar-refractivity contribution in [3.8, 4) is 5.75 Å². The second kappa shape index (κ2) is 8.70. The first-order valence-corrected chi connectivity index (χ1v) is 8.41. The fourth-order valence-electron chi connectivity index (χ4n) is 2.09.